The molecule has 4 aromatic rings. The minimum Gasteiger partial charge on any atom is -0.484 e. The molecule has 0 radical (unpaired) electrons. The van der Waals surface area contributed by atoms with Crippen LogP contribution in [0, 0.1) is 0 Å². The number of aryl methyl sites for hydroxylation is 1. The summed E-state index contributed by atoms with van der Waals surface area (Å²) in [6.45, 7) is 8.45. The van der Waals surface area contributed by atoms with Gasteiger partial charge in [-0.25, -0.2) is 4.98 Å². The third kappa shape index (κ3) is 5.37. The largest absolute Gasteiger partial charge is 0.484 e. The fourth-order valence-electron chi connectivity index (χ4n) is 3.47. The smallest absolute Gasteiger partial charge is 0.262 e. The zero-order valence-electron chi connectivity index (χ0n) is 19.2. The van der Waals surface area contributed by atoms with Crippen LogP contribution in [0.3, 0.4) is 0 Å². The van der Waals surface area contributed by atoms with Crippen LogP contribution in [0.15, 0.2) is 65.1 Å². The number of rotatable bonds is 6. The van der Waals surface area contributed by atoms with Crippen molar-refractivity contribution >= 4 is 34.3 Å². The van der Waals surface area contributed by atoms with Crippen LogP contribution in [0.2, 0.25) is 5.02 Å². The Balaban J connectivity index is 1.45. The number of fused-ring (bicyclic) bond motifs is 1. The van der Waals surface area contributed by atoms with Crippen molar-refractivity contribution < 1.29 is 13.9 Å². The van der Waals surface area contributed by atoms with E-state index in [1.165, 1.54) is 11.1 Å². The van der Waals surface area contributed by atoms with Crippen molar-refractivity contribution in [2.45, 2.75) is 39.5 Å². The van der Waals surface area contributed by atoms with Crippen LogP contribution in [0.25, 0.3) is 22.6 Å². The van der Waals surface area contributed by atoms with Gasteiger partial charge in [-0.1, -0.05) is 57.5 Å². The first-order chi connectivity index (χ1) is 15.7. The maximum Gasteiger partial charge on any atom is 0.262 e. The summed E-state index contributed by atoms with van der Waals surface area (Å²) >= 11 is 6.40. The number of nitrogens with zero attached hydrogens (tertiary/aromatic N) is 1. The number of hydrogen-bond donors (Lipinski definition) is 1. The van der Waals surface area contributed by atoms with Gasteiger partial charge < -0.3 is 14.5 Å². The van der Waals surface area contributed by atoms with Crippen LogP contribution in [0.1, 0.15) is 38.8 Å². The van der Waals surface area contributed by atoms with Gasteiger partial charge in [0.15, 0.2) is 12.2 Å². The minimum atomic E-state index is -0.270. The number of ether oxygens (including phenoxy) is 1. The number of aromatic nitrogens is 1. The molecule has 4 rings (SSSR count). The Morgan fingerprint density at radius 2 is 1.82 bits per heavy atom. The molecule has 0 atom stereocenters. The van der Waals surface area contributed by atoms with E-state index in [9.17, 15) is 4.79 Å². The Hall–Kier alpha value is -3.31. The summed E-state index contributed by atoms with van der Waals surface area (Å²) in [5.41, 5.74) is 5.12. The highest BCUT2D eigenvalue weighted by Gasteiger charge is 2.15. The second-order valence-electron chi connectivity index (χ2n) is 8.98. The van der Waals surface area contributed by atoms with E-state index in [1.54, 1.807) is 18.2 Å². The molecule has 33 heavy (non-hydrogen) atoms. The maximum absolute atomic E-state index is 12.4. The summed E-state index contributed by atoms with van der Waals surface area (Å²) in [5, 5.41) is 3.34. The number of hydrogen-bond acceptors (Lipinski definition) is 4. The molecule has 1 N–H and O–H groups in total. The Morgan fingerprint density at radius 1 is 1.06 bits per heavy atom. The number of carbonyl (C=O) groups excluding carboxylic acids is 1. The molecule has 1 heterocycles. The van der Waals surface area contributed by atoms with E-state index in [0.717, 1.165) is 11.9 Å². The van der Waals surface area contributed by atoms with Crippen LogP contribution < -0.4 is 10.1 Å². The molecule has 0 unspecified atom stereocenters. The van der Waals surface area contributed by atoms with Crippen molar-refractivity contribution in [3.8, 4) is 17.2 Å². The fraction of sp³-hybridized carbons (Fsp3) is 0.259. The molecule has 170 valence electrons. The lowest BCUT2D eigenvalue weighted by molar-refractivity contribution is -0.118. The molecule has 0 aliphatic rings. The normalized spacial score (nSPS) is 11.5. The third-order valence-electron chi connectivity index (χ3n) is 5.43. The standard InChI is InChI=1S/C27H27ClN2O3/c1-5-17-6-13-24-23(14-17)30-26(33-24)21-15-19(9-12-22(21)28)29-25(31)16-32-20-10-7-18(8-11-20)27(2,3)4/h6-15H,5,16H2,1-4H3,(H,29,31). The van der Waals surface area contributed by atoms with Crippen molar-refractivity contribution in [1.82, 2.24) is 4.98 Å². The lowest BCUT2D eigenvalue weighted by Gasteiger charge is -2.19. The Labute approximate surface area is 198 Å². The maximum atomic E-state index is 12.4. The number of halogens is 1. The average molecular weight is 463 g/mol. The van der Waals surface area contributed by atoms with Gasteiger partial charge in [0.05, 0.1) is 10.6 Å². The van der Waals surface area contributed by atoms with Gasteiger partial charge in [0.25, 0.3) is 5.91 Å². The van der Waals surface area contributed by atoms with Crippen LogP contribution in [0.5, 0.6) is 5.75 Å². The number of benzene rings is 3. The summed E-state index contributed by atoms with van der Waals surface area (Å²) in [4.78, 5) is 17.0. The highest BCUT2D eigenvalue weighted by molar-refractivity contribution is 6.33. The molecular formula is C27H27ClN2O3. The zero-order chi connectivity index (χ0) is 23.6. The number of oxazole rings is 1. The quantitative estimate of drug-likeness (QED) is 0.334. The highest BCUT2D eigenvalue weighted by atomic mass is 35.5. The Morgan fingerprint density at radius 3 is 2.52 bits per heavy atom. The van der Waals surface area contributed by atoms with Gasteiger partial charge in [-0.15, -0.1) is 0 Å². The van der Waals surface area contributed by atoms with E-state index in [-0.39, 0.29) is 17.9 Å². The highest BCUT2D eigenvalue weighted by Crippen LogP contribution is 2.32. The van der Waals surface area contributed by atoms with Crippen molar-refractivity contribution in [2.24, 2.45) is 0 Å². The van der Waals surface area contributed by atoms with Gasteiger partial charge in [0.1, 0.15) is 11.3 Å². The number of carbonyl (C=O) groups is 1. The molecule has 1 aromatic heterocycles. The van der Waals surface area contributed by atoms with Gasteiger partial charge in [0.2, 0.25) is 5.89 Å². The molecule has 0 aliphatic heterocycles. The van der Waals surface area contributed by atoms with E-state index >= 15 is 0 Å². The first kappa shape index (κ1) is 22.9. The van der Waals surface area contributed by atoms with E-state index in [4.69, 9.17) is 20.8 Å². The van der Waals surface area contributed by atoms with Crippen LogP contribution in [-0.2, 0) is 16.6 Å². The van der Waals surface area contributed by atoms with Gasteiger partial charge in [-0.2, -0.15) is 0 Å². The number of nitrogens with one attached hydrogen (secondary N) is 1. The summed E-state index contributed by atoms with van der Waals surface area (Å²) in [7, 11) is 0. The molecular weight excluding hydrogens is 436 g/mol. The Kier molecular flexibility index (Phi) is 6.43. The summed E-state index contributed by atoms with van der Waals surface area (Å²) in [6.07, 6.45) is 0.920. The average Bonchev–Trinajstić information content (AvgIpc) is 3.21. The lowest BCUT2D eigenvalue weighted by atomic mass is 9.87. The molecule has 0 bridgehead atoms. The predicted octanol–water partition coefficient (Wildman–Crippen LogP) is 7.03. The van der Waals surface area contributed by atoms with Crippen LogP contribution in [0.4, 0.5) is 5.69 Å². The van der Waals surface area contributed by atoms with Crippen molar-refractivity contribution in [2.75, 3.05) is 11.9 Å². The van der Waals surface area contributed by atoms with Crippen LogP contribution >= 0.6 is 11.6 Å². The number of amides is 1. The minimum absolute atomic E-state index is 0.0647. The van der Waals surface area contributed by atoms with Gasteiger partial charge in [-0.3, -0.25) is 4.79 Å². The monoisotopic (exact) mass is 462 g/mol. The topological polar surface area (TPSA) is 64.4 Å². The zero-order valence-corrected chi connectivity index (χ0v) is 20.0. The molecule has 5 nitrogen and oxygen atoms in total. The van der Waals surface area contributed by atoms with E-state index in [2.05, 4.69) is 38.0 Å². The Bertz CT molecular complexity index is 1290. The molecule has 0 spiro atoms. The molecule has 0 fully saturated rings. The predicted molar refractivity (Wildman–Crippen MR) is 133 cm³/mol. The molecule has 0 aliphatic carbocycles. The SMILES string of the molecule is CCc1ccc2oc(-c3cc(NC(=O)COc4ccc(C(C)(C)C)cc4)ccc3Cl)nc2c1. The van der Waals surface area contributed by atoms with Crippen molar-refractivity contribution in [3.63, 3.8) is 0 Å². The summed E-state index contributed by atoms with van der Waals surface area (Å²) in [5.74, 6) is 0.788. The van der Waals surface area contributed by atoms with E-state index < -0.39 is 0 Å². The molecule has 3 aromatic carbocycles. The van der Waals surface area contributed by atoms with Crippen molar-refractivity contribution in [1.29, 1.82) is 0 Å². The van der Waals surface area contributed by atoms with E-state index in [0.29, 0.717) is 33.5 Å². The first-order valence-corrected chi connectivity index (χ1v) is 11.3. The van der Waals surface area contributed by atoms with Crippen LogP contribution in [-0.4, -0.2) is 17.5 Å². The van der Waals surface area contributed by atoms with E-state index in [1.807, 2.05) is 42.5 Å². The summed E-state index contributed by atoms with van der Waals surface area (Å²) in [6, 6.07) is 18.9. The number of anilines is 1. The second-order valence-corrected chi connectivity index (χ2v) is 9.39. The molecule has 1 amide bonds. The molecule has 0 saturated carbocycles. The lowest BCUT2D eigenvalue weighted by Crippen LogP contribution is -2.20. The fourth-order valence-corrected chi connectivity index (χ4v) is 3.67. The van der Waals surface area contributed by atoms with Gasteiger partial charge >= 0.3 is 0 Å². The third-order valence-corrected chi connectivity index (χ3v) is 5.76. The molecule has 6 heteroatoms. The van der Waals surface area contributed by atoms with Crippen molar-refractivity contribution in [3.05, 3.63) is 76.8 Å². The van der Waals surface area contributed by atoms with Gasteiger partial charge in [0, 0.05) is 5.69 Å². The molecule has 0 saturated heterocycles. The second kappa shape index (κ2) is 9.28. The first-order valence-electron chi connectivity index (χ1n) is 11.0. The summed E-state index contributed by atoms with van der Waals surface area (Å²) < 4.78 is 11.5. The van der Waals surface area contributed by atoms with Gasteiger partial charge in [-0.05, 0) is 65.4 Å².